The Hall–Kier alpha value is -1.73. The van der Waals surface area contributed by atoms with Crippen LogP contribution >= 0.6 is 0 Å². The van der Waals surface area contributed by atoms with Crippen LogP contribution in [0.2, 0.25) is 0 Å². The van der Waals surface area contributed by atoms with Crippen LogP contribution in [0.15, 0.2) is 51.9 Å². The van der Waals surface area contributed by atoms with Gasteiger partial charge in [0.1, 0.15) is 58.9 Å². The number of ether oxygens (including phenoxy) is 2. The third-order valence-corrected chi connectivity index (χ3v) is 5.64. The summed E-state index contributed by atoms with van der Waals surface area (Å²) in [7, 11) is -4.99. The first kappa shape index (κ1) is 32.5. The van der Waals surface area contributed by atoms with Gasteiger partial charge in [0.25, 0.3) is 10.4 Å². The van der Waals surface area contributed by atoms with E-state index in [1.165, 1.54) is 12.1 Å². The minimum absolute atomic E-state index is 0. The molecule has 14 nitrogen and oxygen atoms in total. The Labute approximate surface area is 257 Å². The fourth-order valence-corrected chi connectivity index (χ4v) is 3.90. The van der Waals surface area contributed by atoms with Crippen molar-refractivity contribution in [1.29, 1.82) is 0 Å². The molecule has 17 heteroatoms. The van der Waals surface area contributed by atoms with Crippen LogP contribution in [0.1, 0.15) is 0 Å². The third kappa shape index (κ3) is 6.88. The van der Waals surface area contributed by atoms with E-state index in [-0.39, 0.29) is 92.7 Å². The molecule has 4 rings (SSSR count). The van der Waals surface area contributed by atoms with Crippen molar-refractivity contribution >= 4 is 27.3 Å². The van der Waals surface area contributed by atoms with Gasteiger partial charge in [-0.15, -0.1) is 0 Å². The largest absolute Gasteiger partial charge is 1.00 e. The molecule has 0 amide bonds. The molecule has 0 spiro atoms. The number of carboxylic acid groups (broad SMARTS) is 1. The van der Waals surface area contributed by atoms with Crippen molar-refractivity contribution < 1.29 is 120 Å². The Morgan fingerprint density at radius 2 is 1.61 bits per heavy atom. The Morgan fingerprint density at radius 3 is 2.18 bits per heavy atom. The summed E-state index contributed by atoms with van der Waals surface area (Å²) in [6.45, 7) is 0. The second kappa shape index (κ2) is 12.6. The van der Waals surface area contributed by atoms with Crippen molar-refractivity contribution in [2.24, 2.45) is 0 Å². The quantitative estimate of drug-likeness (QED) is 0.122. The van der Waals surface area contributed by atoms with E-state index in [1.807, 2.05) is 0 Å². The average molecular weight is 570 g/mol. The minimum Gasteiger partial charge on any atom is -0.716 e. The summed E-state index contributed by atoms with van der Waals surface area (Å²) in [4.78, 5) is 24.1. The summed E-state index contributed by atoms with van der Waals surface area (Å²) in [5.74, 6) is -3.02. The van der Waals surface area contributed by atoms with Crippen molar-refractivity contribution in [1.82, 2.24) is 0 Å². The molecule has 0 bridgehead atoms. The maximum absolute atomic E-state index is 13.0. The zero-order valence-electron chi connectivity index (χ0n) is 19.7. The number of carbonyl (C=O) groups is 1. The van der Waals surface area contributed by atoms with Crippen molar-refractivity contribution in [2.45, 2.75) is 30.7 Å². The molecule has 1 fully saturated rings. The Bertz CT molecular complexity index is 1470. The Balaban J connectivity index is 0.00000253. The van der Waals surface area contributed by atoms with E-state index in [4.69, 9.17) is 13.9 Å². The van der Waals surface area contributed by atoms with Crippen LogP contribution in [0.3, 0.4) is 0 Å². The van der Waals surface area contributed by atoms with Gasteiger partial charge in [-0.05, 0) is 17.7 Å². The molecule has 2 heterocycles. The van der Waals surface area contributed by atoms with E-state index in [0.29, 0.717) is 0 Å². The number of benzene rings is 2. The SMILES string of the molecule is O=C([O-])[C@H]1O[C@@H](Oc2cc(O)c3c(=O)c(-c4ccc(OS(=O)(=O)[O-])cc4)coc3c2)[C@H](O)[C@@H](O)[C@@H]1O.[Na+].[Na+]. The van der Waals surface area contributed by atoms with Crippen LogP contribution in [0, 0.1) is 0 Å². The number of phenolic OH excluding ortho intramolecular Hbond substituents is 1. The number of aliphatic hydroxyl groups excluding tert-OH is 3. The summed E-state index contributed by atoms with van der Waals surface area (Å²) < 4.78 is 51.9. The van der Waals surface area contributed by atoms with E-state index in [1.54, 1.807) is 0 Å². The third-order valence-electron chi connectivity index (χ3n) is 5.25. The maximum atomic E-state index is 13.0. The number of phenols is 1. The minimum atomic E-state index is -4.99. The molecule has 3 aromatic rings. The van der Waals surface area contributed by atoms with Crippen molar-refractivity contribution in [3.8, 4) is 28.4 Å². The van der Waals surface area contributed by atoms with E-state index in [0.717, 1.165) is 30.5 Å². The second-order valence-corrected chi connectivity index (χ2v) is 8.63. The zero-order valence-corrected chi connectivity index (χ0v) is 24.5. The van der Waals surface area contributed by atoms with Crippen LogP contribution in [-0.4, -0.2) is 70.1 Å². The van der Waals surface area contributed by atoms with Gasteiger partial charge in [-0.3, -0.25) is 4.79 Å². The van der Waals surface area contributed by atoms with Crippen LogP contribution in [0.4, 0.5) is 0 Å². The van der Waals surface area contributed by atoms with Crippen molar-refractivity contribution in [3.63, 3.8) is 0 Å². The molecule has 5 atom stereocenters. The fourth-order valence-electron chi connectivity index (χ4n) is 3.56. The number of carbonyl (C=O) groups excluding carboxylic acids is 1. The topological polar surface area (TPSA) is 236 Å². The van der Waals surface area contributed by atoms with Gasteiger partial charge in [0.15, 0.2) is 0 Å². The smallest absolute Gasteiger partial charge is 0.716 e. The Morgan fingerprint density at radius 1 is 0.974 bits per heavy atom. The molecular weight excluding hydrogens is 554 g/mol. The van der Waals surface area contributed by atoms with E-state index >= 15 is 0 Å². The van der Waals surface area contributed by atoms with Crippen LogP contribution in [-0.2, 0) is 19.9 Å². The van der Waals surface area contributed by atoms with Crippen LogP contribution < -0.4 is 78.6 Å². The molecule has 0 saturated carbocycles. The number of aliphatic hydroxyl groups is 3. The summed E-state index contributed by atoms with van der Waals surface area (Å²) >= 11 is 0. The van der Waals surface area contributed by atoms with Gasteiger partial charge in [-0.1, -0.05) is 12.1 Å². The summed E-state index contributed by atoms with van der Waals surface area (Å²) in [5.41, 5.74) is -0.683. The number of hydrogen-bond acceptors (Lipinski definition) is 14. The summed E-state index contributed by atoms with van der Waals surface area (Å²) in [6.07, 6.45) is -8.61. The normalized spacial score (nSPS) is 23.1. The molecule has 0 radical (unpaired) electrons. The van der Waals surface area contributed by atoms with Crippen LogP contribution in [0.5, 0.6) is 17.2 Å². The van der Waals surface area contributed by atoms with Crippen molar-refractivity contribution in [2.75, 3.05) is 0 Å². The summed E-state index contributed by atoms with van der Waals surface area (Å²) in [6, 6.07) is 6.89. The molecule has 1 aliphatic heterocycles. The summed E-state index contributed by atoms with van der Waals surface area (Å²) in [5, 5.41) is 51.0. The van der Waals surface area contributed by atoms with E-state index in [2.05, 4.69) is 4.18 Å². The van der Waals surface area contributed by atoms with E-state index in [9.17, 15) is 48.1 Å². The van der Waals surface area contributed by atoms with Gasteiger partial charge in [-0.25, -0.2) is 8.42 Å². The first-order chi connectivity index (χ1) is 16.9. The van der Waals surface area contributed by atoms with E-state index < -0.39 is 58.3 Å². The monoisotopic (exact) mass is 570 g/mol. The number of hydrogen-bond donors (Lipinski definition) is 4. The fraction of sp³-hybridized carbons (Fsp3) is 0.238. The average Bonchev–Trinajstić information content (AvgIpc) is 2.79. The van der Waals surface area contributed by atoms with Gasteiger partial charge in [-0.2, -0.15) is 0 Å². The maximum Gasteiger partial charge on any atom is 1.00 e. The second-order valence-electron chi connectivity index (χ2n) is 7.64. The number of aliphatic carboxylic acids is 1. The number of carboxylic acids is 1. The van der Waals surface area contributed by atoms with Crippen LogP contribution in [0.25, 0.3) is 22.1 Å². The van der Waals surface area contributed by atoms with Gasteiger partial charge < -0.3 is 53.0 Å². The van der Waals surface area contributed by atoms with Gasteiger partial charge in [0.05, 0.1) is 11.5 Å². The molecule has 1 aliphatic rings. The number of fused-ring (bicyclic) bond motifs is 1. The number of aromatic hydroxyl groups is 1. The first-order valence-electron chi connectivity index (χ1n) is 9.97. The Kier molecular flexibility index (Phi) is 10.8. The van der Waals surface area contributed by atoms with Crippen molar-refractivity contribution in [3.05, 3.63) is 52.9 Å². The molecule has 1 aromatic heterocycles. The predicted molar refractivity (Wildman–Crippen MR) is 112 cm³/mol. The molecule has 0 aliphatic carbocycles. The molecule has 0 unspecified atom stereocenters. The first-order valence-corrected chi connectivity index (χ1v) is 11.3. The molecule has 1 saturated heterocycles. The standard InChI is InChI=1S/C21H18O14S.2Na/c22-12-5-10(33-21-18(26)16(24)17(25)19(34-21)20(27)28)6-13-14(12)15(23)11(7-32-13)8-1-3-9(4-2-8)35-36(29,30)31;;/h1-7,16-19,21-22,24-26H,(H,27,28)(H,29,30,31);;/q;2*+1/p-2/t16-,17-,18+,19-,21+;;/m0../s1. The molecule has 38 heavy (non-hydrogen) atoms. The molecular formula is C21H16Na2O14S. The van der Waals surface area contributed by atoms with Gasteiger partial charge >= 0.3 is 59.1 Å². The predicted octanol–water partition coefficient (Wildman–Crippen LogP) is -8.05. The molecule has 192 valence electrons. The van der Waals surface area contributed by atoms with Gasteiger partial charge in [0, 0.05) is 12.1 Å². The zero-order chi connectivity index (χ0) is 26.4. The molecule has 2 aromatic carbocycles. The molecule has 4 N–H and O–H groups in total. The van der Waals surface area contributed by atoms with Gasteiger partial charge in [0.2, 0.25) is 11.7 Å². The number of rotatable bonds is 6.